The Kier molecular flexibility index (Phi) is 5.40. The van der Waals surface area contributed by atoms with Crippen molar-refractivity contribution in [3.05, 3.63) is 63.1 Å². The van der Waals surface area contributed by atoms with E-state index in [0.717, 1.165) is 0 Å². The number of rotatable bonds is 4. The van der Waals surface area contributed by atoms with Gasteiger partial charge in [0.05, 0.1) is 22.3 Å². The number of nitrogens with one attached hydrogen (secondary N) is 1. The molecule has 0 radical (unpaired) electrons. The van der Waals surface area contributed by atoms with Crippen LogP contribution in [0.15, 0.2) is 30.5 Å². The van der Waals surface area contributed by atoms with Crippen molar-refractivity contribution in [2.24, 2.45) is 0 Å². The van der Waals surface area contributed by atoms with Crippen LogP contribution in [0.3, 0.4) is 0 Å². The van der Waals surface area contributed by atoms with E-state index < -0.39 is 29.6 Å². The van der Waals surface area contributed by atoms with Crippen LogP contribution in [0, 0.1) is 5.82 Å². The molecule has 0 saturated heterocycles. The Hall–Kier alpha value is -1.80. The average molecular weight is 417 g/mol. The van der Waals surface area contributed by atoms with Gasteiger partial charge < -0.3 is 15.5 Å². The maximum Gasteiger partial charge on any atom is 0.262 e. The van der Waals surface area contributed by atoms with Crippen molar-refractivity contribution in [3.63, 3.8) is 0 Å². The van der Waals surface area contributed by atoms with E-state index in [1.165, 1.54) is 30.5 Å². The molecule has 1 amide bonds. The van der Waals surface area contributed by atoms with Gasteiger partial charge in [0.15, 0.2) is 5.82 Å². The number of aliphatic hydroxyl groups excluding tert-OH is 1. The molecule has 1 heterocycles. The molecule has 0 fully saturated rings. The first-order chi connectivity index (χ1) is 12.7. The van der Waals surface area contributed by atoms with Gasteiger partial charge in [0.2, 0.25) is 5.67 Å². The van der Waals surface area contributed by atoms with Gasteiger partial charge in [0.1, 0.15) is 5.60 Å². The summed E-state index contributed by atoms with van der Waals surface area (Å²) in [5.41, 5.74) is -4.12. The Labute approximate surface area is 163 Å². The Morgan fingerprint density at radius 1 is 1.30 bits per heavy atom. The van der Waals surface area contributed by atoms with Gasteiger partial charge in [-0.2, -0.15) is 0 Å². The van der Waals surface area contributed by atoms with Crippen LogP contribution in [0.1, 0.15) is 29.7 Å². The van der Waals surface area contributed by atoms with Crippen molar-refractivity contribution in [1.29, 1.82) is 0 Å². The maximum absolute atomic E-state index is 15.6. The van der Waals surface area contributed by atoms with E-state index in [-0.39, 0.29) is 46.3 Å². The van der Waals surface area contributed by atoms with E-state index >= 15 is 4.39 Å². The summed E-state index contributed by atoms with van der Waals surface area (Å²) in [7, 11) is 0. The number of aliphatic hydroxyl groups is 2. The number of amides is 1. The number of alkyl halides is 1. The predicted octanol–water partition coefficient (Wildman–Crippen LogP) is 2.98. The van der Waals surface area contributed by atoms with E-state index in [4.69, 9.17) is 23.2 Å². The van der Waals surface area contributed by atoms with Gasteiger partial charge in [-0.25, -0.2) is 8.78 Å². The van der Waals surface area contributed by atoms with Crippen LogP contribution < -0.4 is 5.32 Å². The van der Waals surface area contributed by atoms with Gasteiger partial charge in [-0.05, 0) is 30.5 Å². The second-order valence-corrected chi connectivity index (χ2v) is 7.19. The predicted molar refractivity (Wildman–Crippen MR) is 95.5 cm³/mol. The second-order valence-electron chi connectivity index (χ2n) is 6.41. The highest BCUT2D eigenvalue weighted by atomic mass is 35.5. The molecule has 27 heavy (non-hydrogen) atoms. The number of aromatic nitrogens is 1. The van der Waals surface area contributed by atoms with E-state index in [9.17, 15) is 19.4 Å². The molecule has 9 heteroatoms. The summed E-state index contributed by atoms with van der Waals surface area (Å²) >= 11 is 11.5. The van der Waals surface area contributed by atoms with Crippen molar-refractivity contribution in [2.45, 2.75) is 30.7 Å². The SMILES string of the molecule is O=C(NCc1ccc(Cl)c(F)c1Cl)[C@]1(F)CC[C@@](O)(CO)c2ncccc21. The molecule has 3 rings (SSSR count). The fourth-order valence-electron chi connectivity index (χ4n) is 3.14. The minimum Gasteiger partial charge on any atom is -0.393 e. The number of hydrogen-bond acceptors (Lipinski definition) is 4. The van der Waals surface area contributed by atoms with E-state index in [1.54, 1.807) is 0 Å². The van der Waals surface area contributed by atoms with Crippen LogP contribution in [0.4, 0.5) is 8.78 Å². The number of nitrogens with zero attached hydrogens (tertiary/aromatic N) is 1. The van der Waals surface area contributed by atoms with Gasteiger partial charge in [-0.15, -0.1) is 0 Å². The average Bonchev–Trinajstić information content (AvgIpc) is 2.68. The molecule has 0 aliphatic heterocycles. The fraction of sp³-hybridized carbons (Fsp3) is 0.333. The lowest BCUT2D eigenvalue weighted by Crippen LogP contribution is -2.49. The van der Waals surface area contributed by atoms with Crippen molar-refractivity contribution in [1.82, 2.24) is 10.3 Å². The summed E-state index contributed by atoms with van der Waals surface area (Å²) in [6.07, 6.45) is 0.810. The molecule has 1 aromatic heterocycles. The molecule has 0 unspecified atom stereocenters. The number of fused-ring (bicyclic) bond motifs is 1. The highest BCUT2D eigenvalue weighted by Gasteiger charge is 2.51. The zero-order valence-electron chi connectivity index (χ0n) is 14.0. The molecule has 1 aromatic carbocycles. The monoisotopic (exact) mass is 416 g/mol. The number of carbonyl (C=O) groups is 1. The summed E-state index contributed by atoms with van der Waals surface area (Å²) < 4.78 is 29.4. The lowest BCUT2D eigenvalue weighted by atomic mass is 9.74. The van der Waals surface area contributed by atoms with Gasteiger partial charge in [-0.1, -0.05) is 35.3 Å². The number of halogens is 4. The number of benzene rings is 1. The summed E-state index contributed by atoms with van der Waals surface area (Å²) in [6, 6.07) is 5.50. The normalized spacial score (nSPS) is 24.4. The van der Waals surface area contributed by atoms with Crippen molar-refractivity contribution in [2.75, 3.05) is 6.61 Å². The lowest BCUT2D eigenvalue weighted by Gasteiger charge is -2.38. The highest BCUT2D eigenvalue weighted by Crippen LogP contribution is 2.45. The van der Waals surface area contributed by atoms with Crippen LogP contribution in [-0.2, 0) is 22.6 Å². The molecule has 0 saturated carbocycles. The van der Waals surface area contributed by atoms with Crippen LogP contribution in [-0.4, -0.2) is 27.7 Å². The third-order valence-electron chi connectivity index (χ3n) is 4.73. The molecule has 3 N–H and O–H groups in total. The molecule has 0 spiro atoms. The molecule has 2 aromatic rings. The van der Waals surface area contributed by atoms with Gasteiger partial charge >= 0.3 is 0 Å². The second kappa shape index (κ2) is 7.31. The molecular weight excluding hydrogens is 401 g/mol. The molecular formula is C18H16Cl2F2N2O3. The van der Waals surface area contributed by atoms with Crippen molar-refractivity contribution >= 4 is 29.1 Å². The Balaban J connectivity index is 1.87. The quantitative estimate of drug-likeness (QED) is 0.669. The van der Waals surface area contributed by atoms with Gasteiger partial charge in [-0.3, -0.25) is 9.78 Å². The summed E-state index contributed by atoms with van der Waals surface area (Å²) in [6.45, 7) is -0.855. The first-order valence-electron chi connectivity index (χ1n) is 8.12. The zero-order valence-corrected chi connectivity index (χ0v) is 15.5. The zero-order chi connectivity index (χ0) is 19.8. The van der Waals surface area contributed by atoms with E-state index in [2.05, 4.69) is 10.3 Å². The molecule has 0 bridgehead atoms. The molecule has 1 aliphatic rings. The highest BCUT2D eigenvalue weighted by molar-refractivity contribution is 6.35. The summed E-state index contributed by atoms with van der Waals surface area (Å²) in [4.78, 5) is 16.6. The Morgan fingerprint density at radius 3 is 2.74 bits per heavy atom. The van der Waals surface area contributed by atoms with Crippen LogP contribution in [0.25, 0.3) is 0 Å². The van der Waals surface area contributed by atoms with Crippen LogP contribution >= 0.6 is 23.2 Å². The van der Waals surface area contributed by atoms with Crippen molar-refractivity contribution < 1.29 is 23.8 Å². The fourth-order valence-corrected chi connectivity index (χ4v) is 3.57. The minimum absolute atomic E-state index is 0.0769. The molecule has 144 valence electrons. The molecule has 5 nitrogen and oxygen atoms in total. The summed E-state index contributed by atoms with van der Waals surface area (Å²) in [5.74, 6) is -1.79. The van der Waals surface area contributed by atoms with Gasteiger partial charge in [0, 0.05) is 18.3 Å². The van der Waals surface area contributed by atoms with Crippen LogP contribution in [0.2, 0.25) is 10.0 Å². The van der Waals surface area contributed by atoms with E-state index in [0.29, 0.717) is 0 Å². The number of pyridine rings is 1. The first kappa shape index (κ1) is 19.9. The maximum atomic E-state index is 15.6. The summed E-state index contributed by atoms with van der Waals surface area (Å²) in [5, 5.41) is 21.9. The van der Waals surface area contributed by atoms with Crippen LogP contribution in [0.5, 0.6) is 0 Å². The number of hydrogen-bond donors (Lipinski definition) is 3. The molecule has 1 aliphatic carbocycles. The van der Waals surface area contributed by atoms with E-state index in [1.807, 2.05) is 0 Å². The lowest BCUT2D eigenvalue weighted by molar-refractivity contribution is -0.138. The third-order valence-corrected chi connectivity index (χ3v) is 5.44. The van der Waals surface area contributed by atoms with Gasteiger partial charge in [0.25, 0.3) is 5.91 Å². The standard InChI is InChI=1S/C18H16Cl2F2N2O3/c19-12-4-3-10(13(20)14(12)21)8-24-16(26)18(22)6-5-17(27,9-25)15-11(18)2-1-7-23-15/h1-4,7,25,27H,5-6,8-9H2,(H,24,26)/t17-,18+/m1/s1. The first-order valence-corrected chi connectivity index (χ1v) is 8.87. The topological polar surface area (TPSA) is 82.5 Å². The number of carbonyl (C=O) groups excluding carboxylic acids is 1. The van der Waals surface area contributed by atoms with Crippen molar-refractivity contribution in [3.8, 4) is 0 Å². The smallest absolute Gasteiger partial charge is 0.262 e. The Morgan fingerprint density at radius 2 is 2.04 bits per heavy atom. The third kappa shape index (κ3) is 3.40. The molecule has 2 atom stereocenters. The minimum atomic E-state index is -2.46. The Bertz CT molecular complexity index is 899. The largest absolute Gasteiger partial charge is 0.393 e.